The molecule has 0 aliphatic carbocycles. The molecule has 176 valence electrons. The normalized spacial score (nSPS) is 12.3. The van der Waals surface area contributed by atoms with E-state index in [1.54, 1.807) is 12.4 Å². The zero-order valence-electron chi connectivity index (χ0n) is 20.2. The van der Waals surface area contributed by atoms with Gasteiger partial charge in [0, 0.05) is 17.8 Å². The van der Waals surface area contributed by atoms with Gasteiger partial charge in [0.05, 0.1) is 34.6 Å². The zero-order valence-corrected chi connectivity index (χ0v) is 20.2. The Morgan fingerprint density at radius 2 is 1.80 bits per heavy atom. The Balaban J connectivity index is 1.63. The monoisotopic (exact) mass is 465 g/mol. The molecular formula is C28H27N5O2. The van der Waals surface area contributed by atoms with Crippen LogP contribution in [0.5, 0.6) is 0 Å². The molecule has 0 fully saturated rings. The lowest BCUT2D eigenvalue weighted by Gasteiger charge is -2.19. The smallest absolute Gasteiger partial charge is 0.252 e. The Kier molecular flexibility index (Phi) is 5.91. The van der Waals surface area contributed by atoms with Gasteiger partial charge in [-0.25, -0.2) is 9.67 Å². The summed E-state index contributed by atoms with van der Waals surface area (Å²) in [6, 6.07) is 19.0. The van der Waals surface area contributed by atoms with Gasteiger partial charge in [0.15, 0.2) is 5.65 Å². The lowest BCUT2D eigenvalue weighted by Crippen LogP contribution is -2.30. The second kappa shape index (κ2) is 9.18. The Morgan fingerprint density at radius 1 is 1.03 bits per heavy atom. The van der Waals surface area contributed by atoms with Crippen LogP contribution in [-0.4, -0.2) is 25.7 Å². The molecule has 0 aliphatic rings. The van der Waals surface area contributed by atoms with Crippen LogP contribution in [0.15, 0.2) is 77.5 Å². The summed E-state index contributed by atoms with van der Waals surface area (Å²) >= 11 is 0. The van der Waals surface area contributed by atoms with Crippen LogP contribution in [0, 0.1) is 13.8 Å². The zero-order chi connectivity index (χ0) is 24.5. The highest BCUT2D eigenvalue weighted by molar-refractivity contribution is 6.06. The number of hydrogen-bond acceptors (Lipinski definition) is 5. The first-order valence-electron chi connectivity index (χ1n) is 11.6. The average Bonchev–Trinajstić information content (AvgIpc) is 3.45. The Labute approximate surface area is 203 Å². The van der Waals surface area contributed by atoms with Crippen LogP contribution in [0.25, 0.3) is 22.3 Å². The number of carbonyl (C=O) groups is 1. The second-order valence-electron chi connectivity index (χ2n) is 8.87. The molecule has 4 heterocycles. The van der Waals surface area contributed by atoms with Gasteiger partial charge in [0.25, 0.3) is 5.91 Å². The summed E-state index contributed by atoms with van der Waals surface area (Å²) in [5.41, 5.74) is 4.41. The van der Waals surface area contributed by atoms with Crippen molar-refractivity contribution < 1.29 is 9.21 Å². The summed E-state index contributed by atoms with van der Waals surface area (Å²) < 4.78 is 7.59. The molecule has 7 nitrogen and oxygen atoms in total. The minimum Gasteiger partial charge on any atom is -0.466 e. The van der Waals surface area contributed by atoms with Gasteiger partial charge in [0.1, 0.15) is 11.5 Å². The van der Waals surface area contributed by atoms with Crippen molar-refractivity contribution in [2.45, 2.75) is 39.8 Å². The lowest BCUT2D eigenvalue weighted by atomic mass is 10.0. The molecule has 0 bridgehead atoms. The van der Waals surface area contributed by atoms with Gasteiger partial charge in [-0.1, -0.05) is 36.4 Å². The predicted octanol–water partition coefficient (Wildman–Crippen LogP) is 5.80. The topological polar surface area (TPSA) is 85.8 Å². The average molecular weight is 466 g/mol. The fourth-order valence-corrected chi connectivity index (χ4v) is 4.34. The van der Waals surface area contributed by atoms with Crippen molar-refractivity contribution in [3.63, 3.8) is 0 Å². The number of furan rings is 1. The van der Waals surface area contributed by atoms with E-state index in [-0.39, 0.29) is 11.9 Å². The number of aryl methyl sites for hydroxylation is 2. The lowest BCUT2D eigenvalue weighted by molar-refractivity contribution is 0.0944. The number of fused-ring (bicyclic) bond motifs is 1. The molecule has 1 amide bonds. The predicted molar refractivity (Wildman–Crippen MR) is 135 cm³/mol. The highest BCUT2D eigenvalue weighted by Crippen LogP contribution is 2.31. The first-order valence-corrected chi connectivity index (χ1v) is 11.6. The maximum atomic E-state index is 13.8. The molecule has 5 rings (SSSR count). The number of amides is 1. The number of nitrogens with zero attached hydrogens (tertiary/aromatic N) is 4. The SMILES string of the molecule is Cc1cc(-c2cc(C(=O)NC(c3ccccc3)c3ccccn3)c3cnn(C(C)C)c3n2)c(C)o1. The van der Waals surface area contributed by atoms with Crippen molar-refractivity contribution in [2.75, 3.05) is 0 Å². The standard InChI is InChI=1S/C28H27N5O2/c1-17(2)33-27-23(16-30-33)22(15-25(31-27)21-14-18(3)35-19(21)4)28(34)32-26(20-10-6-5-7-11-20)24-12-8-9-13-29-24/h5-17,26H,1-4H3,(H,32,34). The van der Waals surface area contributed by atoms with Gasteiger partial charge >= 0.3 is 0 Å². The van der Waals surface area contributed by atoms with Gasteiger partial charge in [-0.15, -0.1) is 0 Å². The fraction of sp³-hybridized carbons (Fsp3) is 0.214. The molecular weight excluding hydrogens is 438 g/mol. The molecule has 0 saturated heterocycles. The van der Waals surface area contributed by atoms with Crippen molar-refractivity contribution in [3.05, 3.63) is 101 Å². The Morgan fingerprint density at radius 3 is 2.46 bits per heavy atom. The minimum atomic E-state index is -0.408. The van der Waals surface area contributed by atoms with Crippen LogP contribution in [-0.2, 0) is 0 Å². The van der Waals surface area contributed by atoms with Crippen LogP contribution >= 0.6 is 0 Å². The number of pyridine rings is 2. The van der Waals surface area contributed by atoms with Crippen LogP contribution in [0.4, 0.5) is 0 Å². The Bertz CT molecular complexity index is 1450. The molecule has 1 N–H and O–H groups in total. The van der Waals surface area contributed by atoms with Gasteiger partial charge in [-0.3, -0.25) is 9.78 Å². The van der Waals surface area contributed by atoms with Crippen LogP contribution in [0.3, 0.4) is 0 Å². The quantitative estimate of drug-likeness (QED) is 0.342. The number of nitrogens with one attached hydrogen (secondary N) is 1. The Hall–Kier alpha value is -4.26. The number of hydrogen-bond donors (Lipinski definition) is 1. The molecule has 0 radical (unpaired) electrons. The van der Waals surface area contributed by atoms with Crippen molar-refractivity contribution in [1.29, 1.82) is 0 Å². The van der Waals surface area contributed by atoms with Crippen LogP contribution in [0.2, 0.25) is 0 Å². The number of rotatable bonds is 6. The van der Waals surface area contributed by atoms with Gasteiger partial charge in [0.2, 0.25) is 0 Å². The first-order chi connectivity index (χ1) is 16.9. The van der Waals surface area contributed by atoms with Crippen molar-refractivity contribution >= 4 is 16.9 Å². The van der Waals surface area contributed by atoms with E-state index in [1.807, 2.05) is 93.0 Å². The summed E-state index contributed by atoms with van der Waals surface area (Å²) in [5, 5.41) is 8.44. The van der Waals surface area contributed by atoms with Crippen molar-refractivity contribution in [1.82, 2.24) is 25.1 Å². The van der Waals surface area contributed by atoms with Crippen LogP contribution < -0.4 is 5.32 Å². The third kappa shape index (κ3) is 4.33. The summed E-state index contributed by atoms with van der Waals surface area (Å²) in [5.74, 6) is 1.33. The van der Waals surface area contributed by atoms with Gasteiger partial charge < -0.3 is 9.73 Å². The molecule has 1 unspecified atom stereocenters. The minimum absolute atomic E-state index is 0.0870. The summed E-state index contributed by atoms with van der Waals surface area (Å²) in [4.78, 5) is 23.2. The highest BCUT2D eigenvalue weighted by atomic mass is 16.3. The molecule has 0 aliphatic heterocycles. The number of aromatic nitrogens is 4. The van der Waals surface area contributed by atoms with E-state index in [4.69, 9.17) is 9.40 Å². The van der Waals surface area contributed by atoms with E-state index in [0.717, 1.165) is 28.3 Å². The summed E-state index contributed by atoms with van der Waals surface area (Å²) in [7, 11) is 0. The van der Waals surface area contributed by atoms with E-state index in [2.05, 4.69) is 15.4 Å². The maximum Gasteiger partial charge on any atom is 0.252 e. The van der Waals surface area contributed by atoms with Gasteiger partial charge in [-0.05, 0) is 57.5 Å². The van der Waals surface area contributed by atoms with E-state index >= 15 is 0 Å². The molecule has 0 saturated carbocycles. The summed E-state index contributed by atoms with van der Waals surface area (Å²) in [6.07, 6.45) is 3.45. The third-order valence-corrected chi connectivity index (χ3v) is 6.01. The molecule has 1 atom stereocenters. The van der Waals surface area contributed by atoms with Crippen molar-refractivity contribution in [3.8, 4) is 11.3 Å². The fourth-order valence-electron chi connectivity index (χ4n) is 4.34. The molecule has 4 aromatic heterocycles. The van der Waals surface area contributed by atoms with Crippen molar-refractivity contribution in [2.24, 2.45) is 0 Å². The highest BCUT2D eigenvalue weighted by Gasteiger charge is 2.24. The molecule has 0 spiro atoms. The maximum absolute atomic E-state index is 13.8. The van der Waals surface area contributed by atoms with Gasteiger partial charge in [-0.2, -0.15) is 5.10 Å². The largest absolute Gasteiger partial charge is 0.466 e. The first kappa shape index (κ1) is 22.5. The van der Waals surface area contributed by atoms with E-state index in [0.29, 0.717) is 22.3 Å². The molecule has 7 heteroatoms. The third-order valence-electron chi connectivity index (χ3n) is 6.01. The number of carbonyl (C=O) groups excluding carboxylic acids is 1. The van der Waals surface area contributed by atoms with E-state index in [1.165, 1.54) is 0 Å². The molecule has 35 heavy (non-hydrogen) atoms. The molecule has 1 aromatic carbocycles. The molecule has 5 aromatic rings. The van der Waals surface area contributed by atoms with Crippen LogP contribution in [0.1, 0.15) is 59.1 Å². The van der Waals surface area contributed by atoms with E-state index < -0.39 is 6.04 Å². The second-order valence-corrected chi connectivity index (χ2v) is 8.87. The van der Waals surface area contributed by atoms with E-state index in [9.17, 15) is 4.79 Å². The number of benzene rings is 1. The summed E-state index contributed by atoms with van der Waals surface area (Å²) in [6.45, 7) is 7.89.